The minimum Gasteiger partial charge on any atom is -0.493 e. The van der Waals surface area contributed by atoms with Gasteiger partial charge in [-0.1, -0.05) is 32.0 Å². The largest absolute Gasteiger partial charge is 0.493 e. The van der Waals surface area contributed by atoms with Gasteiger partial charge >= 0.3 is 11.7 Å². The minimum absolute atomic E-state index is 0.0236. The van der Waals surface area contributed by atoms with Crippen molar-refractivity contribution in [3.63, 3.8) is 0 Å². The minimum atomic E-state index is -1.01. The molecule has 172 valence electrons. The van der Waals surface area contributed by atoms with E-state index in [0.29, 0.717) is 35.6 Å². The van der Waals surface area contributed by atoms with E-state index in [2.05, 4.69) is 4.98 Å². The normalized spacial score (nSPS) is 11.5. The smallest absolute Gasteiger partial charge is 0.331 e. The number of aryl methyl sites for hydroxylation is 2. The summed E-state index contributed by atoms with van der Waals surface area (Å²) in [6, 6.07) is 12.8. The van der Waals surface area contributed by atoms with Crippen molar-refractivity contribution in [3.8, 4) is 5.75 Å². The quantitative estimate of drug-likeness (QED) is 0.407. The molecule has 4 rings (SSSR count). The maximum Gasteiger partial charge on any atom is 0.331 e. The predicted molar refractivity (Wildman–Crippen MR) is 127 cm³/mol. The predicted octanol–water partition coefficient (Wildman–Crippen LogP) is 3.40. The zero-order chi connectivity index (χ0) is 23.5. The van der Waals surface area contributed by atoms with Crippen LogP contribution in [0.25, 0.3) is 21.8 Å². The number of ether oxygens (including phenoxy) is 1. The molecule has 0 atom stereocenters. The molecule has 8 heteroatoms. The molecule has 4 aromatic rings. The van der Waals surface area contributed by atoms with Gasteiger partial charge in [0.25, 0.3) is 5.56 Å². The summed E-state index contributed by atoms with van der Waals surface area (Å²) in [5, 5.41) is 10.5. The molecule has 0 amide bonds. The Morgan fingerprint density at radius 1 is 1.06 bits per heavy atom. The lowest BCUT2D eigenvalue weighted by Gasteiger charge is -2.15. The van der Waals surface area contributed by atoms with Gasteiger partial charge in [0.15, 0.2) is 0 Å². The van der Waals surface area contributed by atoms with Gasteiger partial charge in [-0.05, 0) is 42.2 Å². The Bertz CT molecular complexity index is 1430. The molecule has 8 nitrogen and oxygen atoms in total. The molecule has 0 aliphatic heterocycles. The maximum atomic E-state index is 13.3. The van der Waals surface area contributed by atoms with E-state index in [1.165, 1.54) is 9.13 Å². The molecule has 0 aliphatic rings. The van der Waals surface area contributed by atoms with Crippen molar-refractivity contribution < 1.29 is 14.6 Å². The Balaban J connectivity index is 1.76. The Labute approximate surface area is 190 Å². The summed E-state index contributed by atoms with van der Waals surface area (Å²) in [5.74, 6) is -0.151. The number of carboxylic acids is 1. The maximum absolute atomic E-state index is 13.3. The van der Waals surface area contributed by atoms with Crippen molar-refractivity contribution in [1.82, 2.24) is 14.1 Å². The van der Waals surface area contributed by atoms with E-state index in [1.807, 2.05) is 44.3 Å². The Hall–Kier alpha value is -3.81. The lowest BCUT2D eigenvalue weighted by Crippen LogP contribution is -2.40. The van der Waals surface area contributed by atoms with Gasteiger partial charge in [0, 0.05) is 30.2 Å². The van der Waals surface area contributed by atoms with Gasteiger partial charge in [-0.25, -0.2) is 4.79 Å². The summed E-state index contributed by atoms with van der Waals surface area (Å²) in [6.45, 7) is 4.72. The topological polar surface area (TPSA) is 106 Å². The van der Waals surface area contributed by atoms with Crippen molar-refractivity contribution in [3.05, 3.63) is 75.1 Å². The number of aliphatic carboxylic acids is 1. The van der Waals surface area contributed by atoms with Crippen LogP contribution in [0.5, 0.6) is 5.75 Å². The number of aromatic nitrogens is 3. The number of H-pyrrole nitrogens is 1. The molecule has 2 aromatic heterocycles. The number of nitrogens with one attached hydrogen (secondary N) is 1. The van der Waals surface area contributed by atoms with Crippen LogP contribution in [-0.2, 0) is 24.3 Å². The van der Waals surface area contributed by atoms with Crippen molar-refractivity contribution in [2.24, 2.45) is 5.92 Å². The van der Waals surface area contributed by atoms with Gasteiger partial charge in [0.1, 0.15) is 5.75 Å². The fraction of sp³-hybridized carbons (Fsp3) is 0.320. The summed E-state index contributed by atoms with van der Waals surface area (Å²) >= 11 is 0. The highest BCUT2D eigenvalue weighted by molar-refractivity contribution is 5.83. The summed E-state index contributed by atoms with van der Waals surface area (Å²) in [5.41, 5.74) is 1.49. The molecular weight excluding hydrogens is 422 g/mol. The van der Waals surface area contributed by atoms with Crippen LogP contribution < -0.4 is 16.0 Å². The lowest BCUT2D eigenvalue weighted by molar-refractivity contribution is -0.137. The number of carbonyl (C=O) groups is 1. The van der Waals surface area contributed by atoms with Crippen LogP contribution in [0.3, 0.4) is 0 Å². The number of nitrogens with zero attached hydrogens (tertiary/aromatic N) is 2. The molecule has 0 saturated heterocycles. The fourth-order valence-corrected chi connectivity index (χ4v) is 3.95. The summed E-state index contributed by atoms with van der Waals surface area (Å²) in [6.07, 6.45) is 2.14. The Morgan fingerprint density at radius 3 is 2.61 bits per heavy atom. The van der Waals surface area contributed by atoms with E-state index in [-0.39, 0.29) is 19.5 Å². The van der Waals surface area contributed by atoms with E-state index in [4.69, 9.17) is 9.84 Å². The highest BCUT2D eigenvalue weighted by atomic mass is 16.5. The van der Waals surface area contributed by atoms with Gasteiger partial charge in [0.2, 0.25) is 0 Å². The van der Waals surface area contributed by atoms with Crippen LogP contribution in [0.2, 0.25) is 0 Å². The van der Waals surface area contributed by atoms with Crippen LogP contribution in [0.4, 0.5) is 0 Å². The monoisotopic (exact) mass is 449 g/mol. The number of carboxylic acid groups (broad SMARTS) is 1. The molecule has 33 heavy (non-hydrogen) atoms. The Morgan fingerprint density at radius 2 is 1.85 bits per heavy atom. The van der Waals surface area contributed by atoms with E-state index in [9.17, 15) is 14.4 Å². The summed E-state index contributed by atoms with van der Waals surface area (Å²) in [7, 11) is 0. The first kappa shape index (κ1) is 22.4. The van der Waals surface area contributed by atoms with Crippen LogP contribution in [0.1, 0.15) is 25.8 Å². The third kappa shape index (κ3) is 4.69. The van der Waals surface area contributed by atoms with Crippen LogP contribution in [0, 0.1) is 5.92 Å². The molecular formula is C25H27N3O5. The zero-order valence-corrected chi connectivity index (χ0v) is 18.7. The van der Waals surface area contributed by atoms with Crippen LogP contribution in [-0.4, -0.2) is 31.8 Å². The number of fused-ring (bicyclic) bond motifs is 2. The first-order valence-corrected chi connectivity index (χ1v) is 11.0. The molecule has 0 fully saturated rings. The third-order valence-electron chi connectivity index (χ3n) is 5.61. The van der Waals surface area contributed by atoms with E-state index in [0.717, 1.165) is 16.5 Å². The van der Waals surface area contributed by atoms with E-state index < -0.39 is 17.2 Å². The summed E-state index contributed by atoms with van der Waals surface area (Å²) < 4.78 is 8.33. The van der Waals surface area contributed by atoms with E-state index in [1.54, 1.807) is 18.2 Å². The molecule has 0 radical (unpaired) electrons. The van der Waals surface area contributed by atoms with Crippen molar-refractivity contribution >= 4 is 27.8 Å². The number of hydrogen-bond acceptors (Lipinski definition) is 4. The highest BCUT2D eigenvalue weighted by Crippen LogP contribution is 2.20. The Kier molecular flexibility index (Phi) is 6.35. The zero-order valence-electron chi connectivity index (χ0n) is 18.7. The number of hydrogen-bond donors (Lipinski definition) is 2. The first-order chi connectivity index (χ1) is 15.8. The SMILES string of the molecule is CC(C)COc1ccc2c(c1)c(=O)n(CCc1c[nH]c3ccccc13)c(=O)n2CCC(=O)O. The van der Waals surface area contributed by atoms with Crippen molar-refractivity contribution in [2.45, 2.75) is 39.8 Å². The van der Waals surface area contributed by atoms with Crippen molar-refractivity contribution in [1.29, 1.82) is 0 Å². The molecule has 0 unspecified atom stereocenters. The molecule has 0 saturated carbocycles. The third-order valence-corrected chi connectivity index (χ3v) is 5.61. The second kappa shape index (κ2) is 9.36. The van der Waals surface area contributed by atoms with Gasteiger partial charge in [-0.2, -0.15) is 0 Å². The highest BCUT2D eigenvalue weighted by Gasteiger charge is 2.16. The second-order valence-corrected chi connectivity index (χ2v) is 8.53. The molecule has 2 N–H and O–H groups in total. The summed E-state index contributed by atoms with van der Waals surface area (Å²) in [4.78, 5) is 40.9. The number of para-hydroxylation sites is 1. The standard InChI is InChI=1S/C25H27N3O5/c1-16(2)15-33-18-7-8-22-20(13-18)24(31)28(25(32)27(22)12-10-23(29)30)11-9-17-14-26-21-6-4-3-5-19(17)21/h3-8,13-14,16,26H,9-12,15H2,1-2H3,(H,29,30). The van der Waals surface area contributed by atoms with Gasteiger partial charge in [-0.3, -0.25) is 18.7 Å². The van der Waals surface area contributed by atoms with Gasteiger partial charge < -0.3 is 14.8 Å². The number of aromatic amines is 1. The number of rotatable bonds is 9. The van der Waals surface area contributed by atoms with Crippen molar-refractivity contribution in [2.75, 3.05) is 6.61 Å². The molecule has 2 aromatic carbocycles. The fourth-order valence-electron chi connectivity index (χ4n) is 3.95. The molecule has 2 heterocycles. The molecule has 0 spiro atoms. The van der Waals surface area contributed by atoms with Gasteiger partial charge in [-0.15, -0.1) is 0 Å². The number of benzene rings is 2. The average molecular weight is 450 g/mol. The van der Waals surface area contributed by atoms with Crippen LogP contribution >= 0.6 is 0 Å². The first-order valence-electron chi connectivity index (χ1n) is 11.0. The lowest BCUT2D eigenvalue weighted by atomic mass is 10.1. The molecule has 0 bridgehead atoms. The van der Waals surface area contributed by atoms with Crippen LogP contribution in [0.15, 0.2) is 58.3 Å². The molecule has 0 aliphatic carbocycles. The van der Waals surface area contributed by atoms with Gasteiger partial charge in [0.05, 0.1) is 23.9 Å². The second-order valence-electron chi connectivity index (χ2n) is 8.53. The van der Waals surface area contributed by atoms with E-state index >= 15 is 0 Å². The average Bonchev–Trinajstić information content (AvgIpc) is 3.20.